The van der Waals surface area contributed by atoms with E-state index in [9.17, 15) is 4.79 Å². The lowest BCUT2D eigenvalue weighted by Crippen LogP contribution is -2.53. The SMILES string of the molecule is CCCC[C@@](N)(C(=O)O)[C@@H](C)CC. The Bertz CT molecular complexity index is 170. The third-order valence-electron chi connectivity index (χ3n) is 2.83. The number of hydrogen-bond acceptors (Lipinski definition) is 2. The Labute approximate surface area is 80.3 Å². The molecule has 0 saturated carbocycles. The summed E-state index contributed by atoms with van der Waals surface area (Å²) in [5.41, 5.74) is 4.86. The quantitative estimate of drug-likeness (QED) is 0.668. The van der Waals surface area contributed by atoms with Crippen LogP contribution in [0.2, 0.25) is 0 Å². The van der Waals surface area contributed by atoms with Gasteiger partial charge >= 0.3 is 5.97 Å². The molecule has 0 aromatic carbocycles. The lowest BCUT2D eigenvalue weighted by atomic mass is 9.80. The molecule has 13 heavy (non-hydrogen) atoms. The van der Waals surface area contributed by atoms with Crippen molar-refractivity contribution in [2.75, 3.05) is 0 Å². The van der Waals surface area contributed by atoms with Crippen molar-refractivity contribution in [1.29, 1.82) is 0 Å². The van der Waals surface area contributed by atoms with Crippen LogP contribution in [0.4, 0.5) is 0 Å². The van der Waals surface area contributed by atoms with Crippen LogP contribution in [-0.2, 0) is 4.79 Å². The number of carbonyl (C=O) groups is 1. The Hall–Kier alpha value is -0.570. The van der Waals surface area contributed by atoms with Gasteiger partial charge in [0, 0.05) is 0 Å². The molecule has 0 aromatic rings. The van der Waals surface area contributed by atoms with Crippen LogP contribution in [0.25, 0.3) is 0 Å². The van der Waals surface area contributed by atoms with E-state index in [4.69, 9.17) is 10.8 Å². The van der Waals surface area contributed by atoms with E-state index in [-0.39, 0.29) is 5.92 Å². The zero-order valence-corrected chi connectivity index (χ0v) is 8.84. The molecule has 0 bridgehead atoms. The Morgan fingerprint density at radius 1 is 1.54 bits per heavy atom. The van der Waals surface area contributed by atoms with Crippen molar-refractivity contribution in [3.63, 3.8) is 0 Å². The fourth-order valence-corrected chi connectivity index (χ4v) is 1.40. The van der Waals surface area contributed by atoms with Crippen molar-refractivity contribution in [3.05, 3.63) is 0 Å². The summed E-state index contributed by atoms with van der Waals surface area (Å²) in [7, 11) is 0. The molecule has 78 valence electrons. The fourth-order valence-electron chi connectivity index (χ4n) is 1.40. The molecule has 0 fully saturated rings. The first-order chi connectivity index (χ1) is 5.99. The van der Waals surface area contributed by atoms with Crippen LogP contribution >= 0.6 is 0 Å². The van der Waals surface area contributed by atoms with Crippen LogP contribution in [0, 0.1) is 5.92 Å². The highest BCUT2D eigenvalue weighted by Gasteiger charge is 2.37. The van der Waals surface area contributed by atoms with Crippen molar-refractivity contribution >= 4 is 5.97 Å². The van der Waals surface area contributed by atoms with Gasteiger partial charge in [-0.2, -0.15) is 0 Å². The van der Waals surface area contributed by atoms with E-state index in [0.29, 0.717) is 6.42 Å². The van der Waals surface area contributed by atoms with E-state index < -0.39 is 11.5 Å². The number of rotatable bonds is 6. The second kappa shape index (κ2) is 5.22. The summed E-state index contributed by atoms with van der Waals surface area (Å²) in [6.07, 6.45) is 3.26. The molecule has 3 heteroatoms. The fraction of sp³-hybridized carbons (Fsp3) is 0.900. The lowest BCUT2D eigenvalue weighted by Gasteiger charge is -2.30. The minimum atomic E-state index is -1.02. The van der Waals surface area contributed by atoms with E-state index in [1.165, 1.54) is 0 Å². The number of carboxylic acids is 1. The molecular formula is C10H21NO2. The van der Waals surface area contributed by atoms with Gasteiger partial charge in [0.2, 0.25) is 0 Å². The maximum absolute atomic E-state index is 11.0. The van der Waals surface area contributed by atoms with E-state index in [2.05, 4.69) is 0 Å². The average Bonchev–Trinajstić information content (AvgIpc) is 2.12. The molecule has 0 aliphatic rings. The van der Waals surface area contributed by atoms with Gasteiger partial charge in [0.1, 0.15) is 5.54 Å². The van der Waals surface area contributed by atoms with Gasteiger partial charge in [0.15, 0.2) is 0 Å². The number of nitrogens with two attached hydrogens (primary N) is 1. The first kappa shape index (κ1) is 12.4. The summed E-state index contributed by atoms with van der Waals surface area (Å²) in [6.45, 7) is 5.92. The Morgan fingerprint density at radius 2 is 2.08 bits per heavy atom. The lowest BCUT2D eigenvalue weighted by molar-refractivity contribution is -0.145. The molecule has 0 heterocycles. The van der Waals surface area contributed by atoms with Crippen molar-refractivity contribution in [1.82, 2.24) is 0 Å². The third-order valence-corrected chi connectivity index (χ3v) is 2.83. The van der Waals surface area contributed by atoms with Gasteiger partial charge in [-0.3, -0.25) is 4.79 Å². The Kier molecular flexibility index (Phi) is 4.99. The van der Waals surface area contributed by atoms with E-state index >= 15 is 0 Å². The first-order valence-electron chi connectivity index (χ1n) is 5.01. The maximum atomic E-state index is 11.0. The molecule has 0 saturated heterocycles. The van der Waals surface area contributed by atoms with Crippen molar-refractivity contribution in [3.8, 4) is 0 Å². The van der Waals surface area contributed by atoms with E-state index in [0.717, 1.165) is 19.3 Å². The Balaban J connectivity index is 4.42. The third kappa shape index (κ3) is 2.99. The molecule has 3 N–H and O–H groups in total. The highest BCUT2D eigenvalue weighted by atomic mass is 16.4. The second-order valence-electron chi connectivity index (χ2n) is 3.76. The zero-order valence-electron chi connectivity index (χ0n) is 8.84. The van der Waals surface area contributed by atoms with E-state index in [1.54, 1.807) is 0 Å². The molecule has 0 aromatic heterocycles. The highest BCUT2D eigenvalue weighted by molar-refractivity contribution is 5.78. The topological polar surface area (TPSA) is 63.3 Å². The van der Waals surface area contributed by atoms with E-state index in [1.807, 2.05) is 20.8 Å². The van der Waals surface area contributed by atoms with Gasteiger partial charge < -0.3 is 10.8 Å². The summed E-state index contributed by atoms with van der Waals surface area (Å²) in [5.74, 6) is -0.827. The largest absolute Gasteiger partial charge is 0.480 e. The van der Waals surface area contributed by atoms with Crippen LogP contribution in [0.5, 0.6) is 0 Å². The molecule has 0 unspecified atom stereocenters. The van der Waals surface area contributed by atoms with Crippen molar-refractivity contribution in [2.45, 2.75) is 52.0 Å². The van der Waals surface area contributed by atoms with Gasteiger partial charge in [-0.15, -0.1) is 0 Å². The van der Waals surface area contributed by atoms with Gasteiger partial charge in [0.05, 0.1) is 0 Å². The van der Waals surface area contributed by atoms with Gasteiger partial charge in [-0.1, -0.05) is 40.0 Å². The minimum Gasteiger partial charge on any atom is -0.480 e. The van der Waals surface area contributed by atoms with Gasteiger partial charge in [0.25, 0.3) is 0 Å². The molecule has 3 nitrogen and oxygen atoms in total. The smallest absolute Gasteiger partial charge is 0.323 e. The number of carboxylic acid groups (broad SMARTS) is 1. The van der Waals surface area contributed by atoms with Crippen LogP contribution < -0.4 is 5.73 Å². The predicted molar refractivity (Wildman–Crippen MR) is 53.5 cm³/mol. The Morgan fingerprint density at radius 3 is 2.38 bits per heavy atom. The predicted octanol–water partition coefficient (Wildman–Crippen LogP) is 2.00. The minimum absolute atomic E-state index is 0.0385. The molecule has 0 aliphatic heterocycles. The summed E-state index contributed by atoms with van der Waals surface area (Å²) >= 11 is 0. The molecule has 0 spiro atoms. The summed E-state index contributed by atoms with van der Waals surface area (Å²) in [6, 6.07) is 0. The average molecular weight is 187 g/mol. The molecule has 0 amide bonds. The monoisotopic (exact) mass is 187 g/mol. The summed E-state index contributed by atoms with van der Waals surface area (Å²) in [5, 5.41) is 9.04. The molecule has 2 atom stereocenters. The molecule has 0 rings (SSSR count). The highest BCUT2D eigenvalue weighted by Crippen LogP contribution is 2.24. The van der Waals surface area contributed by atoms with Crippen LogP contribution in [0.1, 0.15) is 46.5 Å². The summed E-state index contributed by atoms with van der Waals surface area (Å²) < 4.78 is 0. The molecule has 0 radical (unpaired) electrons. The number of hydrogen-bond donors (Lipinski definition) is 2. The zero-order chi connectivity index (χ0) is 10.5. The number of unbranched alkanes of at least 4 members (excludes halogenated alkanes) is 1. The summed E-state index contributed by atoms with van der Waals surface area (Å²) in [4.78, 5) is 11.0. The molecular weight excluding hydrogens is 166 g/mol. The van der Waals surface area contributed by atoms with Crippen molar-refractivity contribution < 1.29 is 9.90 Å². The standard InChI is InChI=1S/C10H21NO2/c1-4-6-7-10(11,9(12)13)8(3)5-2/h8H,4-7,11H2,1-3H3,(H,12,13)/t8-,10-/m0/s1. The number of aliphatic carboxylic acids is 1. The van der Waals surface area contributed by atoms with Crippen LogP contribution in [0.15, 0.2) is 0 Å². The maximum Gasteiger partial charge on any atom is 0.323 e. The van der Waals surface area contributed by atoms with Crippen LogP contribution in [0.3, 0.4) is 0 Å². The first-order valence-corrected chi connectivity index (χ1v) is 5.01. The van der Waals surface area contributed by atoms with Crippen molar-refractivity contribution in [2.24, 2.45) is 11.7 Å². The van der Waals surface area contributed by atoms with Gasteiger partial charge in [-0.25, -0.2) is 0 Å². The normalized spacial score (nSPS) is 17.8. The molecule has 0 aliphatic carbocycles. The second-order valence-corrected chi connectivity index (χ2v) is 3.76. The van der Waals surface area contributed by atoms with Crippen LogP contribution in [-0.4, -0.2) is 16.6 Å². The van der Waals surface area contributed by atoms with Gasteiger partial charge in [-0.05, 0) is 12.3 Å².